The topological polar surface area (TPSA) is 51.0 Å². The van der Waals surface area contributed by atoms with Crippen molar-refractivity contribution in [3.63, 3.8) is 0 Å². The molecule has 0 bridgehead atoms. The Labute approximate surface area is 118 Å². The summed E-state index contributed by atoms with van der Waals surface area (Å²) in [7, 11) is 0. The number of nitrogens with zero attached hydrogens (tertiary/aromatic N) is 2. The minimum atomic E-state index is 0.753. The van der Waals surface area contributed by atoms with Crippen LogP contribution >= 0.6 is 11.8 Å². The summed E-state index contributed by atoms with van der Waals surface area (Å²) in [6.45, 7) is 7.03. The molecule has 19 heavy (non-hydrogen) atoms. The van der Waals surface area contributed by atoms with Crippen LogP contribution in [0.2, 0.25) is 0 Å². The molecule has 0 aromatic carbocycles. The van der Waals surface area contributed by atoms with Gasteiger partial charge in [0, 0.05) is 23.2 Å². The molecular formula is C14H19N3OS. The maximum atomic E-state index is 5.28. The average molecular weight is 277 g/mol. The van der Waals surface area contributed by atoms with E-state index in [0.29, 0.717) is 0 Å². The van der Waals surface area contributed by atoms with E-state index in [-0.39, 0.29) is 0 Å². The Balaban J connectivity index is 2.03. The lowest BCUT2D eigenvalue weighted by Gasteiger charge is -2.07. The lowest BCUT2D eigenvalue weighted by Crippen LogP contribution is -2.05. The van der Waals surface area contributed by atoms with Gasteiger partial charge in [0.2, 0.25) is 0 Å². The number of rotatable bonds is 6. The molecule has 0 aliphatic rings. The zero-order chi connectivity index (χ0) is 13.7. The van der Waals surface area contributed by atoms with Crippen LogP contribution in [0.15, 0.2) is 27.7 Å². The van der Waals surface area contributed by atoms with Crippen LogP contribution in [0.25, 0.3) is 0 Å². The molecule has 0 amide bonds. The van der Waals surface area contributed by atoms with Gasteiger partial charge < -0.3 is 9.73 Å². The molecule has 0 spiro atoms. The van der Waals surface area contributed by atoms with E-state index in [2.05, 4.69) is 22.2 Å². The molecule has 102 valence electrons. The van der Waals surface area contributed by atoms with E-state index in [1.54, 1.807) is 18.0 Å². The zero-order valence-corrected chi connectivity index (χ0v) is 12.4. The lowest BCUT2D eigenvalue weighted by molar-refractivity contribution is 0.527. The molecule has 0 saturated heterocycles. The van der Waals surface area contributed by atoms with Gasteiger partial charge >= 0.3 is 0 Å². The molecule has 0 atom stereocenters. The molecule has 0 saturated carbocycles. The van der Waals surface area contributed by atoms with Crippen molar-refractivity contribution in [2.24, 2.45) is 0 Å². The van der Waals surface area contributed by atoms with E-state index in [1.807, 2.05) is 26.0 Å². The van der Waals surface area contributed by atoms with Gasteiger partial charge in [0.05, 0.1) is 12.0 Å². The van der Waals surface area contributed by atoms with Crippen LogP contribution in [0.4, 0.5) is 5.82 Å². The predicted molar refractivity (Wildman–Crippen MR) is 78.6 cm³/mol. The van der Waals surface area contributed by atoms with Crippen molar-refractivity contribution in [1.29, 1.82) is 0 Å². The van der Waals surface area contributed by atoms with Crippen LogP contribution < -0.4 is 5.32 Å². The maximum Gasteiger partial charge on any atom is 0.141 e. The molecule has 0 aliphatic carbocycles. The fraction of sp³-hybridized carbons (Fsp3) is 0.429. The number of hydrogen-bond donors (Lipinski definition) is 1. The highest BCUT2D eigenvalue weighted by molar-refractivity contribution is 7.98. The molecule has 2 aromatic heterocycles. The molecule has 0 unspecified atom stereocenters. The van der Waals surface area contributed by atoms with E-state index in [0.717, 1.165) is 46.7 Å². The Morgan fingerprint density at radius 3 is 2.84 bits per heavy atom. The Kier molecular flexibility index (Phi) is 4.85. The second kappa shape index (κ2) is 6.61. The van der Waals surface area contributed by atoms with Gasteiger partial charge in [-0.15, -0.1) is 11.8 Å². The SMILES string of the molecule is CCCNc1cc(C)nc(CSc2ccoc2C)n1. The molecule has 5 heteroatoms. The molecule has 1 N–H and O–H groups in total. The monoisotopic (exact) mass is 277 g/mol. The number of nitrogens with one attached hydrogen (secondary N) is 1. The van der Waals surface area contributed by atoms with E-state index < -0.39 is 0 Å². The summed E-state index contributed by atoms with van der Waals surface area (Å²) in [5, 5.41) is 3.30. The first-order valence-electron chi connectivity index (χ1n) is 6.44. The summed E-state index contributed by atoms with van der Waals surface area (Å²) >= 11 is 1.70. The number of aromatic nitrogens is 2. The third kappa shape index (κ3) is 3.99. The number of hydrogen-bond acceptors (Lipinski definition) is 5. The van der Waals surface area contributed by atoms with Gasteiger partial charge in [-0.1, -0.05) is 6.92 Å². The maximum absolute atomic E-state index is 5.28. The van der Waals surface area contributed by atoms with Crippen LogP contribution in [0.1, 0.15) is 30.6 Å². The van der Waals surface area contributed by atoms with Gasteiger partial charge in [-0.05, 0) is 26.3 Å². The van der Waals surface area contributed by atoms with Gasteiger partial charge in [0.15, 0.2) is 0 Å². The summed E-state index contributed by atoms with van der Waals surface area (Å²) in [5.74, 6) is 3.46. The third-order valence-electron chi connectivity index (χ3n) is 2.62. The molecule has 2 heterocycles. The summed E-state index contributed by atoms with van der Waals surface area (Å²) in [6.07, 6.45) is 2.80. The van der Waals surface area contributed by atoms with E-state index in [1.165, 1.54) is 0 Å². The Morgan fingerprint density at radius 2 is 2.16 bits per heavy atom. The Hall–Kier alpha value is -1.49. The first-order valence-corrected chi connectivity index (χ1v) is 7.43. The molecule has 0 radical (unpaired) electrons. The Bertz CT molecular complexity index is 539. The average Bonchev–Trinajstić information content (AvgIpc) is 2.79. The summed E-state index contributed by atoms with van der Waals surface area (Å²) in [4.78, 5) is 10.1. The third-order valence-corrected chi connectivity index (χ3v) is 3.76. The standard InChI is InChI=1S/C14H19N3OS/c1-4-6-15-13-8-10(2)16-14(17-13)9-19-12-5-7-18-11(12)3/h5,7-8H,4,6,9H2,1-3H3,(H,15,16,17). The molecular weight excluding hydrogens is 258 g/mol. The van der Waals surface area contributed by atoms with Crippen molar-refractivity contribution in [2.75, 3.05) is 11.9 Å². The minimum Gasteiger partial charge on any atom is -0.468 e. The van der Waals surface area contributed by atoms with Gasteiger partial charge in [-0.2, -0.15) is 0 Å². The number of anilines is 1. The van der Waals surface area contributed by atoms with Crippen LogP contribution in [0, 0.1) is 13.8 Å². The second-order valence-corrected chi connectivity index (χ2v) is 5.38. The van der Waals surface area contributed by atoms with Gasteiger partial charge in [-0.25, -0.2) is 9.97 Å². The van der Waals surface area contributed by atoms with Crippen molar-refractivity contribution in [1.82, 2.24) is 9.97 Å². The molecule has 4 nitrogen and oxygen atoms in total. The van der Waals surface area contributed by atoms with E-state index in [9.17, 15) is 0 Å². The molecule has 0 fully saturated rings. The normalized spacial score (nSPS) is 10.7. The fourth-order valence-corrected chi connectivity index (χ4v) is 2.52. The minimum absolute atomic E-state index is 0.753. The predicted octanol–water partition coefficient (Wildman–Crippen LogP) is 3.80. The largest absolute Gasteiger partial charge is 0.468 e. The number of furan rings is 1. The smallest absolute Gasteiger partial charge is 0.141 e. The lowest BCUT2D eigenvalue weighted by atomic mass is 10.4. The van der Waals surface area contributed by atoms with Crippen LogP contribution in [-0.2, 0) is 5.75 Å². The van der Waals surface area contributed by atoms with E-state index >= 15 is 0 Å². The number of thioether (sulfide) groups is 1. The van der Waals surface area contributed by atoms with Crippen molar-refractivity contribution < 1.29 is 4.42 Å². The highest BCUT2D eigenvalue weighted by atomic mass is 32.2. The fourth-order valence-electron chi connectivity index (χ4n) is 1.70. The second-order valence-electron chi connectivity index (χ2n) is 4.37. The van der Waals surface area contributed by atoms with Crippen molar-refractivity contribution >= 4 is 17.6 Å². The van der Waals surface area contributed by atoms with Crippen LogP contribution in [0.5, 0.6) is 0 Å². The van der Waals surface area contributed by atoms with Gasteiger partial charge in [-0.3, -0.25) is 0 Å². The molecule has 2 aromatic rings. The van der Waals surface area contributed by atoms with Gasteiger partial charge in [0.25, 0.3) is 0 Å². The first kappa shape index (κ1) is 13.9. The van der Waals surface area contributed by atoms with Crippen LogP contribution in [0.3, 0.4) is 0 Å². The van der Waals surface area contributed by atoms with Crippen LogP contribution in [-0.4, -0.2) is 16.5 Å². The van der Waals surface area contributed by atoms with Gasteiger partial charge in [0.1, 0.15) is 17.4 Å². The summed E-state index contributed by atoms with van der Waals surface area (Å²) in [6, 6.07) is 3.96. The molecule has 0 aliphatic heterocycles. The van der Waals surface area contributed by atoms with Crippen molar-refractivity contribution in [3.05, 3.63) is 35.7 Å². The quantitative estimate of drug-likeness (QED) is 0.814. The van der Waals surface area contributed by atoms with Crippen molar-refractivity contribution in [3.8, 4) is 0 Å². The first-order chi connectivity index (χ1) is 9.19. The summed E-state index contributed by atoms with van der Waals surface area (Å²) in [5.41, 5.74) is 0.994. The highest BCUT2D eigenvalue weighted by Gasteiger charge is 2.06. The highest BCUT2D eigenvalue weighted by Crippen LogP contribution is 2.26. The van der Waals surface area contributed by atoms with E-state index in [4.69, 9.17) is 4.42 Å². The van der Waals surface area contributed by atoms with Crippen molar-refractivity contribution in [2.45, 2.75) is 37.8 Å². The summed E-state index contributed by atoms with van der Waals surface area (Å²) < 4.78 is 5.28. The Morgan fingerprint density at radius 1 is 1.32 bits per heavy atom. The number of aryl methyl sites for hydroxylation is 2. The zero-order valence-electron chi connectivity index (χ0n) is 11.6. The molecule has 2 rings (SSSR count).